The van der Waals surface area contributed by atoms with Gasteiger partial charge in [-0.2, -0.15) is 9.57 Å². The molecule has 1 N–H and O–H groups in total. The number of nitrogens with zero attached hydrogens (tertiary/aromatic N) is 2. The van der Waals surface area contributed by atoms with Crippen molar-refractivity contribution in [3.63, 3.8) is 0 Å². The number of carboxylic acid groups (broad SMARTS) is 1. The number of nitriles is 1. The van der Waals surface area contributed by atoms with Crippen LogP contribution in [0.4, 0.5) is 4.39 Å². The van der Waals surface area contributed by atoms with Crippen molar-refractivity contribution < 1.29 is 22.7 Å². The minimum Gasteiger partial charge on any atom is -0.481 e. The topological polar surface area (TPSA) is 98.5 Å². The highest BCUT2D eigenvalue weighted by Gasteiger charge is 2.38. The lowest BCUT2D eigenvalue weighted by Crippen LogP contribution is -2.35. The van der Waals surface area contributed by atoms with Crippen LogP contribution < -0.4 is 0 Å². The van der Waals surface area contributed by atoms with Gasteiger partial charge in [-0.15, -0.1) is 0 Å². The molecule has 1 saturated carbocycles. The predicted molar refractivity (Wildman–Crippen MR) is 70.3 cm³/mol. The molecule has 6 nitrogen and oxygen atoms in total. The molecule has 8 heteroatoms. The summed E-state index contributed by atoms with van der Waals surface area (Å²) in [6, 6.07) is 4.35. The first kappa shape index (κ1) is 15.4. The van der Waals surface area contributed by atoms with Crippen molar-refractivity contribution in [3.8, 4) is 6.07 Å². The number of carboxylic acids is 1. The number of carbonyl (C=O) groups is 1. The minimum atomic E-state index is -3.93. The Morgan fingerprint density at radius 3 is 2.67 bits per heavy atom. The maximum absolute atomic E-state index is 13.3. The molecular formula is C13H13FN2O4S. The predicted octanol–water partition coefficient (Wildman–Crippen LogP) is 1.33. The van der Waals surface area contributed by atoms with E-state index in [4.69, 9.17) is 10.4 Å². The van der Waals surface area contributed by atoms with Crippen LogP contribution in [0.5, 0.6) is 0 Å². The van der Waals surface area contributed by atoms with Gasteiger partial charge in [0, 0.05) is 12.6 Å². The van der Waals surface area contributed by atoms with Gasteiger partial charge in [0.2, 0.25) is 10.0 Å². The Balaban J connectivity index is 2.34. The lowest BCUT2D eigenvalue weighted by atomic mass is 10.2. The van der Waals surface area contributed by atoms with Gasteiger partial charge in [-0.3, -0.25) is 4.79 Å². The molecule has 1 fully saturated rings. The first-order valence-electron chi connectivity index (χ1n) is 6.29. The van der Waals surface area contributed by atoms with Gasteiger partial charge in [0.25, 0.3) is 0 Å². The molecule has 0 unspecified atom stereocenters. The quantitative estimate of drug-likeness (QED) is 0.854. The molecule has 112 valence electrons. The average molecular weight is 312 g/mol. The van der Waals surface area contributed by atoms with Crippen molar-refractivity contribution in [1.82, 2.24) is 4.31 Å². The number of sulfonamides is 1. The highest BCUT2D eigenvalue weighted by molar-refractivity contribution is 7.89. The molecule has 0 heterocycles. The van der Waals surface area contributed by atoms with E-state index in [-0.39, 0.29) is 29.5 Å². The summed E-state index contributed by atoms with van der Waals surface area (Å²) >= 11 is 0. The van der Waals surface area contributed by atoms with E-state index in [1.54, 1.807) is 6.07 Å². The van der Waals surface area contributed by atoms with E-state index >= 15 is 0 Å². The lowest BCUT2D eigenvalue weighted by molar-refractivity contribution is -0.137. The number of benzene rings is 1. The molecule has 1 aliphatic rings. The molecule has 1 aromatic rings. The Bertz CT molecular complexity index is 707. The molecule has 0 amide bonds. The van der Waals surface area contributed by atoms with E-state index in [1.165, 1.54) is 0 Å². The molecule has 0 aromatic heterocycles. The van der Waals surface area contributed by atoms with E-state index in [9.17, 15) is 17.6 Å². The summed E-state index contributed by atoms with van der Waals surface area (Å²) in [5, 5.41) is 17.5. The van der Waals surface area contributed by atoms with Crippen LogP contribution in [0, 0.1) is 17.1 Å². The summed E-state index contributed by atoms with van der Waals surface area (Å²) in [6.07, 6.45) is 1.04. The second kappa shape index (κ2) is 5.79. The first-order valence-corrected chi connectivity index (χ1v) is 7.73. The van der Waals surface area contributed by atoms with Gasteiger partial charge < -0.3 is 5.11 Å². The van der Waals surface area contributed by atoms with E-state index in [1.807, 2.05) is 0 Å². The van der Waals surface area contributed by atoms with Gasteiger partial charge in [-0.25, -0.2) is 12.8 Å². The van der Waals surface area contributed by atoms with Crippen LogP contribution >= 0.6 is 0 Å². The fourth-order valence-electron chi connectivity index (χ4n) is 1.95. The molecule has 0 bridgehead atoms. The lowest BCUT2D eigenvalue weighted by Gasteiger charge is -2.21. The molecule has 1 aliphatic carbocycles. The van der Waals surface area contributed by atoms with Crippen molar-refractivity contribution in [1.29, 1.82) is 5.26 Å². The molecule has 0 atom stereocenters. The van der Waals surface area contributed by atoms with Gasteiger partial charge >= 0.3 is 5.97 Å². The summed E-state index contributed by atoms with van der Waals surface area (Å²) in [7, 11) is -3.93. The number of halogens is 1. The fraction of sp³-hybridized carbons (Fsp3) is 0.385. The third kappa shape index (κ3) is 3.37. The van der Waals surface area contributed by atoms with Crippen molar-refractivity contribution in [3.05, 3.63) is 29.6 Å². The van der Waals surface area contributed by atoms with Gasteiger partial charge in [0.05, 0.1) is 16.9 Å². The SMILES string of the molecule is N#Cc1cc(S(=O)(=O)N(CCC(=O)O)C2CC2)ccc1F. The monoisotopic (exact) mass is 312 g/mol. The van der Waals surface area contributed by atoms with Crippen molar-refractivity contribution in [2.75, 3.05) is 6.54 Å². The van der Waals surface area contributed by atoms with Crippen LogP contribution in [0.3, 0.4) is 0 Å². The van der Waals surface area contributed by atoms with Crippen LogP contribution in [0.25, 0.3) is 0 Å². The second-order valence-corrected chi connectivity index (χ2v) is 6.63. The Morgan fingerprint density at radius 1 is 1.48 bits per heavy atom. The highest BCUT2D eigenvalue weighted by atomic mass is 32.2. The van der Waals surface area contributed by atoms with Gasteiger partial charge in [0.1, 0.15) is 11.9 Å². The van der Waals surface area contributed by atoms with Gasteiger partial charge in [0.15, 0.2) is 0 Å². The standard InChI is InChI=1S/C13H13FN2O4S/c14-12-4-3-11(7-9(12)8-15)21(19,20)16(10-1-2-10)6-5-13(17)18/h3-4,7,10H,1-2,5-6H2,(H,17,18). The molecule has 21 heavy (non-hydrogen) atoms. The first-order chi connectivity index (χ1) is 9.86. The number of rotatable bonds is 6. The molecule has 0 saturated heterocycles. The largest absolute Gasteiger partial charge is 0.481 e. The molecule has 0 spiro atoms. The Morgan fingerprint density at radius 2 is 2.14 bits per heavy atom. The van der Waals surface area contributed by atoms with Crippen LogP contribution in [0.1, 0.15) is 24.8 Å². The van der Waals surface area contributed by atoms with Gasteiger partial charge in [-0.05, 0) is 31.0 Å². The van der Waals surface area contributed by atoms with E-state index in [0.29, 0.717) is 12.8 Å². The Kier molecular flexibility index (Phi) is 4.25. The molecular weight excluding hydrogens is 299 g/mol. The highest BCUT2D eigenvalue weighted by Crippen LogP contribution is 2.32. The van der Waals surface area contributed by atoms with E-state index < -0.39 is 21.8 Å². The summed E-state index contributed by atoms with van der Waals surface area (Å²) < 4.78 is 39.4. The minimum absolute atomic E-state index is 0.137. The van der Waals surface area contributed by atoms with Crippen molar-refractivity contribution >= 4 is 16.0 Å². The molecule has 0 aliphatic heterocycles. The summed E-state index contributed by atoms with van der Waals surface area (Å²) in [5.41, 5.74) is -0.356. The molecule has 2 rings (SSSR count). The number of aliphatic carboxylic acids is 1. The zero-order chi connectivity index (χ0) is 15.6. The number of hydrogen-bond donors (Lipinski definition) is 1. The van der Waals surface area contributed by atoms with Crippen molar-refractivity contribution in [2.24, 2.45) is 0 Å². The summed E-state index contributed by atoms with van der Waals surface area (Å²) in [6.45, 7) is -0.137. The summed E-state index contributed by atoms with van der Waals surface area (Å²) in [4.78, 5) is 10.4. The van der Waals surface area contributed by atoms with Crippen LogP contribution in [-0.2, 0) is 14.8 Å². The van der Waals surface area contributed by atoms with E-state index in [2.05, 4.69) is 0 Å². The Labute approximate surface area is 121 Å². The van der Waals surface area contributed by atoms with Gasteiger partial charge in [-0.1, -0.05) is 0 Å². The van der Waals surface area contributed by atoms with Crippen molar-refractivity contribution in [2.45, 2.75) is 30.2 Å². The maximum Gasteiger partial charge on any atom is 0.304 e. The molecule has 1 aromatic carbocycles. The Hall–Kier alpha value is -1.98. The normalized spacial score (nSPS) is 14.9. The zero-order valence-corrected chi connectivity index (χ0v) is 11.8. The van der Waals surface area contributed by atoms with Crippen LogP contribution in [0.2, 0.25) is 0 Å². The zero-order valence-electron chi connectivity index (χ0n) is 11.0. The third-order valence-corrected chi connectivity index (χ3v) is 5.11. The van der Waals surface area contributed by atoms with Crippen LogP contribution in [-0.4, -0.2) is 36.4 Å². The smallest absolute Gasteiger partial charge is 0.304 e. The fourth-order valence-corrected chi connectivity index (χ4v) is 3.67. The maximum atomic E-state index is 13.3. The van der Waals surface area contributed by atoms with E-state index in [0.717, 1.165) is 22.5 Å². The third-order valence-electron chi connectivity index (χ3n) is 3.17. The number of hydrogen-bond acceptors (Lipinski definition) is 4. The average Bonchev–Trinajstić information content (AvgIpc) is 3.23. The molecule has 0 radical (unpaired) electrons. The summed E-state index contributed by atoms with van der Waals surface area (Å²) in [5.74, 6) is -1.88. The van der Waals surface area contributed by atoms with Crippen LogP contribution in [0.15, 0.2) is 23.1 Å². The second-order valence-electron chi connectivity index (χ2n) is 4.74.